The summed E-state index contributed by atoms with van der Waals surface area (Å²) in [7, 11) is 0. The highest BCUT2D eigenvalue weighted by atomic mass is 127. The number of carbonyl (C=O) groups excluding carboxylic acids is 1. The SMILES string of the molecule is O=C(OCc1nc(-c2cccc(C(F)(F)F)c2)no1)c1ccccc1I. The van der Waals surface area contributed by atoms with E-state index in [1.165, 1.54) is 12.1 Å². The molecule has 0 atom stereocenters. The van der Waals surface area contributed by atoms with Crippen LogP contribution >= 0.6 is 22.6 Å². The molecule has 9 heteroatoms. The average molecular weight is 474 g/mol. The van der Waals surface area contributed by atoms with Gasteiger partial charge in [0.15, 0.2) is 6.61 Å². The number of esters is 1. The van der Waals surface area contributed by atoms with Crippen molar-refractivity contribution in [1.29, 1.82) is 0 Å². The Labute approximate surface area is 159 Å². The van der Waals surface area contributed by atoms with Crippen LogP contribution in [0.3, 0.4) is 0 Å². The van der Waals surface area contributed by atoms with E-state index in [0.29, 0.717) is 5.56 Å². The molecule has 0 bridgehead atoms. The second-order valence-corrected chi connectivity index (χ2v) is 6.31. The van der Waals surface area contributed by atoms with E-state index in [1.54, 1.807) is 24.3 Å². The van der Waals surface area contributed by atoms with Crippen molar-refractivity contribution in [3.05, 3.63) is 69.1 Å². The van der Waals surface area contributed by atoms with E-state index in [9.17, 15) is 18.0 Å². The predicted molar refractivity (Wildman–Crippen MR) is 93.0 cm³/mol. The maximum Gasteiger partial charge on any atom is 0.416 e. The van der Waals surface area contributed by atoms with Gasteiger partial charge < -0.3 is 9.26 Å². The molecule has 3 rings (SSSR count). The molecule has 5 nitrogen and oxygen atoms in total. The molecule has 0 aliphatic carbocycles. The quantitative estimate of drug-likeness (QED) is 0.405. The first-order valence-corrected chi connectivity index (χ1v) is 8.34. The Kier molecular flexibility index (Phi) is 5.25. The number of carbonyl (C=O) groups is 1. The van der Waals surface area contributed by atoms with Crippen molar-refractivity contribution in [1.82, 2.24) is 10.1 Å². The van der Waals surface area contributed by atoms with Crippen molar-refractivity contribution >= 4 is 28.6 Å². The van der Waals surface area contributed by atoms with Gasteiger partial charge in [-0.25, -0.2) is 4.79 Å². The lowest BCUT2D eigenvalue weighted by Gasteiger charge is -2.06. The van der Waals surface area contributed by atoms with Crippen molar-refractivity contribution in [2.24, 2.45) is 0 Å². The van der Waals surface area contributed by atoms with E-state index >= 15 is 0 Å². The summed E-state index contributed by atoms with van der Waals surface area (Å²) in [5, 5.41) is 3.63. The second-order valence-electron chi connectivity index (χ2n) is 5.15. The molecule has 0 fully saturated rings. The second kappa shape index (κ2) is 7.44. The number of benzene rings is 2. The van der Waals surface area contributed by atoms with Crippen LogP contribution in [0.5, 0.6) is 0 Å². The molecule has 0 N–H and O–H groups in total. The Hall–Kier alpha value is -2.43. The topological polar surface area (TPSA) is 65.2 Å². The van der Waals surface area contributed by atoms with Gasteiger partial charge in [-0.05, 0) is 46.9 Å². The maximum atomic E-state index is 12.8. The smallest absolute Gasteiger partial charge is 0.416 e. The van der Waals surface area contributed by atoms with Gasteiger partial charge in [-0.1, -0.05) is 29.4 Å². The van der Waals surface area contributed by atoms with Crippen molar-refractivity contribution in [3.63, 3.8) is 0 Å². The number of ether oxygens (including phenoxy) is 1. The lowest BCUT2D eigenvalue weighted by atomic mass is 10.1. The fourth-order valence-electron chi connectivity index (χ4n) is 2.10. The summed E-state index contributed by atoms with van der Waals surface area (Å²) in [6.07, 6.45) is -4.47. The summed E-state index contributed by atoms with van der Waals surface area (Å²) < 4.78 is 49.1. The first kappa shape index (κ1) is 18.4. The number of hydrogen-bond acceptors (Lipinski definition) is 5. The monoisotopic (exact) mass is 474 g/mol. The third kappa shape index (κ3) is 4.21. The number of aromatic nitrogens is 2. The highest BCUT2D eigenvalue weighted by Gasteiger charge is 2.30. The summed E-state index contributed by atoms with van der Waals surface area (Å²) in [6.45, 7) is -0.282. The fraction of sp³-hybridized carbons (Fsp3) is 0.118. The molecule has 26 heavy (non-hydrogen) atoms. The van der Waals surface area contributed by atoms with Crippen molar-refractivity contribution in [2.75, 3.05) is 0 Å². The van der Waals surface area contributed by atoms with Crippen LogP contribution in [0.25, 0.3) is 11.4 Å². The van der Waals surface area contributed by atoms with Crippen LogP contribution in [-0.4, -0.2) is 16.1 Å². The van der Waals surface area contributed by atoms with Crippen molar-refractivity contribution < 1.29 is 27.2 Å². The lowest BCUT2D eigenvalue weighted by Crippen LogP contribution is -2.07. The lowest BCUT2D eigenvalue weighted by molar-refractivity contribution is -0.137. The molecule has 0 saturated heterocycles. The molecule has 0 spiro atoms. The fourth-order valence-corrected chi connectivity index (χ4v) is 2.70. The van der Waals surface area contributed by atoms with E-state index in [-0.39, 0.29) is 23.9 Å². The van der Waals surface area contributed by atoms with Crippen LogP contribution in [0.1, 0.15) is 21.8 Å². The van der Waals surface area contributed by atoms with E-state index in [0.717, 1.165) is 15.7 Å². The van der Waals surface area contributed by atoms with Gasteiger partial charge in [0.25, 0.3) is 5.89 Å². The minimum absolute atomic E-state index is 0.0169. The van der Waals surface area contributed by atoms with Gasteiger partial charge in [0.2, 0.25) is 5.82 Å². The minimum atomic E-state index is -4.47. The highest BCUT2D eigenvalue weighted by molar-refractivity contribution is 14.1. The van der Waals surface area contributed by atoms with E-state index in [4.69, 9.17) is 9.26 Å². The Morgan fingerprint density at radius 3 is 2.65 bits per heavy atom. The highest BCUT2D eigenvalue weighted by Crippen LogP contribution is 2.31. The number of alkyl halides is 3. The molecule has 2 aromatic carbocycles. The van der Waals surface area contributed by atoms with E-state index in [1.807, 2.05) is 22.6 Å². The molecular formula is C17H10F3IN2O3. The van der Waals surface area contributed by atoms with Gasteiger partial charge in [-0.15, -0.1) is 0 Å². The molecule has 1 heterocycles. The third-order valence-electron chi connectivity index (χ3n) is 3.34. The first-order chi connectivity index (χ1) is 12.3. The number of rotatable bonds is 4. The van der Waals surface area contributed by atoms with Crippen LogP contribution in [-0.2, 0) is 17.5 Å². The van der Waals surface area contributed by atoms with Crippen LogP contribution in [0, 0.1) is 3.57 Å². The van der Waals surface area contributed by atoms with Crippen LogP contribution in [0.15, 0.2) is 53.1 Å². The molecule has 0 radical (unpaired) electrons. The standard InChI is InChI=1S/C17H10F3IN2O3/c18-17(19,20)11-5-3-4-10(8-11)15-22-14(26-23-15)9-25-16(24)12-6-1-2-7-13(12)21/h1-8H,9H2. The summed E-state index contributed by atoms with van der Waals surface area (Å²) in [5.41, 5.74) is -0.268. The molecule has 1 aromatic heterocycles. The van der Waals surface area contributed by atoms with Gasteiger partial charge in [-0.2, -0.15) is 18.2 Å². The molecule has 134 valence electrons. The molecular weight excluding hydrogens is 464 g/mol. The molecule has 0 amide bonds. The van der Waals surface area contributed by atoms with E-state index < -0.39 is 17.7 Å². The van der Waals surface area contributed by atoms with Gasteiger partial charge in [0.05, 0.1) is 11.1 Å². The van der Waals surface area contributed by atoms with Gasteiger partial charge in [0.1, 0.15) is 0 Å². The Bertz CT molecular complexity index is 941. The first-order valence-electron chi connectivity index (χ1n) is 7.26. The number of nitrogens with zero attached hydrogens (tertiary/aromatic N) is 2. The summed E-state index contributed by atoms with van der Waals surface area (Å²) in [4.78, 5) is 16.0. The Morgan fingerprint density at radius 2 is 1.92 bits per heavy atom. The van der Waals surface area contributed by atoms with Crippen LogP contribution in [0.4, 0.5) is 13.2 Å². The zero-order chi connectivity index (χ0) is 18.7. The average Bonchev–Trinajstić information content (AvgIpc) is 3.08. The zero-order valence-corrected chi connectivity index (χ0v) is 15.1. The minimum Gasteiger partial charge on any atom is -0.452 e. The van der Waals surface area contributed by atoms with Crippen molar-refractivity contribution in [2.45, 2.75) is 12.8 Å². The third-order valence-corrected chi connectivity index (χ3v) is 4.28. The number of halogens is 4. The van der Waals surface area contributed by atoms with Gasteiger partial charge >= 0.3 is 12.1 Å². The summed E-state index contributed by atoms with van der Waals surface area (Å²) in [5.74, 6) is -0.595. The van der Waals surface area contributed by atoms with Crippen molar-refractivity contribution in [3.8, 4) is 11.4 Å². The van der Waals surface area contributed by atoms with Crippen LogP contribution < -0.4 is 0 Å². The molecule has 3 aromatic rings. The van der Waals surface area contributed by atoms with Crippen LogP contribution in [0.2, 0.25) is 0 Å². The van der Waals surface area contributed by atoms with Gasteiger partial charge in [-0.3, -0.25) is 0 Å². The summed E-state index contributed by atoms with van der Waals surface area (Å²) >= 11 is 2.01. The Morgan fingerprint density at radius 1 is 1.15 bits per heavy atom. The molecule has 0 unspecified atom stereocenters. The van der Waals surface area contributed by atoms with Gasteiger partial charge in [0, 0.05) is 9.13 Å². The Balaban J connectivity index is 1.71. The normalized spacial score (nSPS) is 11.4. The molecule has 0 saturated carbocycles. The molecule has 0 aliphatic rings. The summed E-state index contributed by atoms with van der Waals surface area (Å²) in [6, 6.07) is 11.4. The maximum absolute atomic E-state index is 12.8. The largest absolute Gasteiger partial charge is 0.452 e. The molecule has 0 aliphatic heterocycles. The van der Waals surface area contributed by atoms with E-state index in [2.05, 4.69) is 10.1 Å². The number of hydrogen-bond donors (Lipinski definition) is 0. The predicted octanol–water partition coefficient (Wildman–Crippen LogP) is 4.72. The zero-order valence-electron chi connectivity index (χ0n) is 13.0.